The number of benzene rings is 2. The van der Waals surface area contributed by atoms with E-state index in [9.17, 15) is 9.18 Å². The highest BCUT2D eigenvalue weighted by atomic mass is 19.1. The number of furan rings is 1. The van der Waals surface area contributed by atoms with Crippen LogP contribution in [0.4, 0.5) is 10.1 Å². The minimum atomic E-state index is -0.465. The molecule has 6 heteroatoms. The minimum Gasteiger partial charge on any atom is -0.497 e. The van der Waals surface area contributed by atoms with Crippen LogP contribution in [0.15, 0.2) is 46.9 Å². The van der Waals surface area contributed by atoms with Crippen LogP contribution in [0.3, 0.4) is 0 Å². The van der Waals surface area contributed by atoms with Gasteiger partial charge in [-0.25, -0.2) is 4.39 Å². The Labute approximate surface area is 131 Å². The van der Waals surface area contributed by atoms with Crippen molar-refractivity contribution in [3.8, 4) is 11.5 Å². The summed E-state index contributed by atoms with van der Waals surface area (Å²) < 4.78 is 29.0. The first-order valence-electron chi connectivity index (χ1n) is 6.83. The fourth-order valence-corrected chi connectivity index (χ4v) is 2.22. The second kappa shape index (κ2) is 6.00. The topological polar surface area (TPSA) is 60.7 Å². The lowest BCUT2D eigenvalue weighted by atomic mass is 10.2. The molecule has 1 aromatic heterocycles. The van der Waals surface area contributed by atoms with Crippen molar-refractivity contribution in [2.45, 2.75) is 0 Å². The smallest absolute Gasteiger partial charge is 0.291 e. The second-order valence-electron chi connectivity index (χ2n) is 4.81. The number of nitrogens with one attached hydrogen (secondary N) is 1. The number of amides is 1. The SMILES string of the molecule is COc1ccc(OC)c(NC(=O)c2cc3cc(F)ccc3o2)c1. The zero-order valence-electron chi connectivity index (χ0n) is 12.6. The molecule has 118 valence electrons. The molecule has 0 unspecified atom stereocenters. The maximum atomic E-state index is 13.2. The lowest BCUT2D eigenvalue weighted by Crippen LogP contribution is -2.11. The van der Waals surface area contributed by atoms with E-state index in [1.165, 1.54) is 38.5 Å². The molecule has 1 heterocycles. The summed E-state index contributed by atoms with van der Waals surface area (Å²) in [5.74, 6) is 0.289. The Hall–Kier alpha value is -3.02. The van der Waals surface area contributed by atoms with Gasteiger partial charge in [-0.1, -0.05) is 0 Å². The van der Waals surface area contributed by atoms with Gasteiger partial charge in [0.2, 0.25) is 0 Å². The van der Waals surface area contributed by atoms with E-state index in [1.807, 2.05) is 0 Å². The van der Waals surface area contributed by atoms with Crippen molar-refractivity contribution < 1.29 is 23.1 Å². The second-order valence-corrected chi connectivity index (χ2v) is 4.81. The summed E-state index contributed by atoms with van der Waals surface area (Å²) in [6.07, 6.45) is 0. The molecule has 0 fully saturated rings. The third-order valence-corrected chi connectivity index (χ3v) is 3.36. The van der Waals surface area contributed by atoms with Gasteiger partial charge in [0.1, 0.15) is 22.9 Å². The molecule has 23 heavy (non-hydrogen) atoms. The van der Waals surface area contributed by atoms with Gasteiger partial charge >= 0.3 is 0 Å². The van der Waals surface area contributed by atoms with E-state index >= 15 is 0 Å². The molecule has 0 saturated carbocycles. The highest BCUT2D eigenvalue weighted by Gasteiger charge is 2.15. The van der Waals surface area contributed by atoms with Crippen LogP contribution in [-0.2, 0) is 0 Å². The van der Waals surface area contributed by atoms with Gasteiger partial charge in [0.15, 0.2) is 5.76 Å². The zero-order chi connectivity index (χ0) is 16.4. The largest absolute Gasteiger partial charge is 0.497 e. The van der Waals surface area contributed by atoms with Crippen molar-refractivity contribution in [2.75, 3.05) is 19.5 Å². The third kappa shape index (κ3) is 2.96. The Morgan fingerprint density at radius 2 is 1.91 bits per heavy atom. The number of carbonyl (C=O) groups excluding carboxylic acids is 1. The van der Waals surface area contributed by atoms with Gasteiger partial charge in [-0.05, 0) is 36.4 Å². The van der Waals surface area contributed by atoms with Crippen molar-refractivity contribution in [3.63, 3.8) is 0 Å². The fourth-order valence-electron chi connectivity index (χ4n) is 2.22. The first kappa shape index (κ1) is 14.9. The van der Waals surface area contributed by atoms with Gasteiger partial charge in [-0.15, -0.1) is 0 Å². The average molecular weight is 315 g/mol. The van der Waals surface area contributed by atoms with E-state index in [2.05, 4.69) is 5.32 Å². The van der Waals surface area contributed by atoms with Crippen LogP contribution < -0.4 is 14.8 Å². The normalized spacial score (nSPS) is 10.6. The molecular formula is C17H14FNO4. The number of rotatable bonds is 4. The van der Waals surface area contributed by atoms with Crippen molar-refractivity contribution in [1.82, 2.24) is 0 Å². The maximum Gasteiger partial charge on any atom is 0.291 e. The van der Waals surface area contributed by atoms with Crippen LogP contribution in [0.1, 0.15) is 10.6 Å². The summed E-state index contributed by atoms with van der Waals surface area (Å²) in [5.41, 5.74) is 0.887. The van der Waals surface area contributed by atoms with Crippen molar-refractivity contribution >= 4 is 22.6 Å². The summed E-state index contributed by atoms with van der Waals surface area (Å²) in [4.78, 5) is 12.3. The minimum absolute atomic E-state index is 0.0791. The maximum absolute atomic E-state index is 13.2. The number of hydrogen-bond acceptors (Lipinski definition) is 4. The lowest BCUT2D eigenvalue weighted by Gasteiger charge is -2.10. The van der Waals surface area contributed by atoms with Crippen LogP contribution in [0.5, 0.6) is 11.5 Å². The van der Waals surface area contributed by atoms with Crippen LogP contribution in [0.2, 0.25) is 0 Å². The van der Waals surface area contributed by atoms with Gasteiger partial charge in [0, 0.05) is 11.5 Å². The molecule has 3 aromatic rings. The van der Waals surface area contributed by atoms with E-state index in [0.29, 0.717) is 28.2 Å². The van der Waals surface area contributed by atoms with Gasteiger partial charge in [0.25, 0.3) is 5.91 Å². The molecule has 5 nitrogen and oxygen atoms in total. The molecule has 2 aromatic carbocycles. The van der Waals surface area contributed by atoms with E-state index in [1.54, 1.807) is 18.2 Å². The van der Waals surface area contributed by atoms with Crippen molar-refractivity contribution in [3.05, 3.63) is 54.0 Å². The Balaban J connectivity index is 1.91. The first-order valence-corrected chi connectivity index (χ1v) is 6.83. The highest BCUT2D eigenvalue weighted by Crippen LogP contribution is 2.30. The summed E-state index contributed by atoms with van der Waals surface area (Å²) in [6, 6.07) is 10.6. The molecule has 3 rings (SSSR count). The predicted octanol–water partition coefficient (Wildman–Crippen LogP) is 3.84. The molecule has 0 saturated heterocycles. The number of fused-ring (bicyclic) bond motifs is 1. The molecule has 1 amide bonds. The molecule has 0 atom stereocenters. The molecule has 0 aliphatic rings. The van der Waals surface area contributed by atoms with Crippen molar-refractivity contribution in [1.29, 1.82) is 0 Å². The summed E-state index contributed by atoms with van der Waals surface area (Å²) in [7, 11) is 3.03. The van der Waals surface area contributed by atoms with Gasteiger partial charge in [-0.2, -0.15) is 0 Å². The van der Waals surface area contributed by atoms with E-state index in [0.717, 1.165) is 0 Å². The third-order valence-electron chi connectivity index (χ3n) is 3.36. The molecule has 1 N–H and O–H groups in total. The van der Waals surface area contributed by atoms with Crippen LogP contribution in [0, 0.1) is 5.82 Å². The molecule has 0 spiro atoms. The van der Waals surface area contributed by atoms with Crippen LogP contribution >= 0.6 is 0 Å². The number of halogens is 1. The first-order chi connectivity index (χ1) is 11.1. The molecule has 0 bridgehead atoms. The summed E-state index contributed by atoms with van der Waals surface area (Å²) in [6.45, 7) is 0. The average Bonchev–Trinajstić information content (AvgIpc) is 2.98. The Kier molecular flexibility index (Phi) is 3.89. The van der Waals surface area contributed by atoms with E-state index < -0.39 is 5.91 Å². The number of anilines is 1. The standard InChI is InChI=1S/C17H14FNO4/c1-21-12-4-6-15(22-2)13(9-12)19-17(20)16-8-10-7-11(18)3-5-14(10)23-16/h3-9H,1-2H3,(H,19,20). The summed E-state index contributed by atoms with van der Waals surface area (Å²) >= 11 is 0. The van der Waals surface area contributed by atoms with Gasteiger partial charge in [0.05, 0.1) is 19.9 Å². The molecular weight excluding hydrogens is 301 g/mol. The molecule has 0 aliphatic heterocycles. The van der Waals surface area contributed by atoms with Gasteiger partial charge in [-0.3, -0.25) is 4.79 Å². The monoisotopic (exact) mass is 315 g/mol. The number of carbonyl (C=O) groups is 1. The van der Waals surface area contributed by atoms with Crippen LogP contribution in [-0.4, -0.2) is 20.1 Å². The molecule has 0 radical (unpaired) electrons. The molecule has 0 aliphatic carbocycles. The Morgan fingerprint density at radius 1 is 1.09 bits per heavy atom. The lowest BCUT2D eigenvalue weighted by molar-refractivity contribution is 0.0998. The Bertz CT molecular complexity index is 872. The summed E-state index contributed by atoms with van der Waals surface area (Å²) in [5, 5.41) is 3.22. The van der Waals surface area contributed by atoms with E-state index in [4.69, 9.17) is 13.9 Å². The van der Waals surface area contributed by atoms with Crippen LogP contribution in [0.25, 0.3) is 11.0 Å². The number of ether oxygens (including phenoxy) is 2. The highest BCUT2D eigenvalue weighted by molar-refractivity contribution is 6.05. The predicted molar refractivity (Wildman–Crippen MR) is 83.7 cm³/mol. The Morgan fingerprint density at radius 3 is 2.65 bits per heavy atom. The fraction of sp³-hybridized carbons (Fsp3) is 0.118. The number of methoxy groups -OCH3 is 2. The van der Waals surface area contributed by atoms with E-state index in [-0.39, 0.29) is 11.6 Å². The quantitative estimate of drug-likeness (QED) is 0.794. The number of hydrogen-bond donors (Lipinski definition) is 1. The zero-order valence-corrected chi connectivity index (χ0v) is 12.6. The van der Waals surface area contributed by atoms with Gasteiger partial charge < -0.3 is 19.2 Å². The van der Waals surface area contributed by atoms with Crippen molar-refractivity contribution in [2.24, 2.45) is 0 Å².